The van der Waals surface area contributed by atoms with Gasteiger partial charge in [-0.05, 0) is 49.5 Å². The van der Waals surface area contributed by atoms with Crippen molar-refractivity contribution in [3.05, 3.63) is 18.3 Å². The second kappa shape index (κ2) is 7.19. The first-order chi connectivity index (χ1) is 11.8. The molecular formula is C17H24N2O5S. The van der Waals surface area contributed by atoms with E-state index >= 15 is 0 Å². The van der Waals surface area contributed by atoms with Crippen LogP contribution in [0.3, 0.4) is 0 Å². The number of likely N-dealkylation sites (tertiary alicyclic amines) is 1. The molecule has 0 radical (unpaired) electrons. The zero-order chi connectivity index (χ0) is 18.0. The van der Waals surface area contributed by atoms with E-state index in [9.17, 15) is 13.2 Å². The molecule has 1 aliphatic heterocycles. The molecule has 1 N–H and O–H groups in total. The first-order valence-electron chi connectivity index (χ1n) is 8.61. The van der Waals surface area contributed by atoms with Gasteiger partial charge in [0.2, 0.25) is 5.88 Å². The Morgan fingerprint density at radius 1 is 1.36 bits per heavy atom. The Morgan fingerprint density at radius 3 is 2.64 bits per heavy atom. The van der Waals surface area contributed by atoms with Gasteiger partial charge in [-0.15, -0.1) is 0 Å². The van der Waals surface area contributed by atoms with E-state index in [0.717, 1.165) is 25.5 Å². The standard InChI is InChI=1S/C17H24N2O5S/c1-25(22,23)14-2-3-16(18-11-14)24-9-6-13-10-15(13)12-4-7-19(8-5-12)17(20)21/h2-3,11-13,15H,4-10H2,1H3,(H,20,21)/t13-,15+/m0/s1. The van der Waals surface area contributed by atoms with E-state index < -0.39 is 15.9 Å². The van der Waals surface area contributed by atoms with Crippen molar-refractivity contribution in [2.45, 2.75) is 30.6 Å². The third-order valence-electron chi connectivity index (χ3n) is 5.27. The first-order valence-corrected chi connectivity index (χ1v) is 10.5. The van der Waals surface area contributed by atoms with E-state index in [0.29, 0.717) is 43.3 Å². The summed E-state index contributed by atoms with van der Waals surface area (Å²) in [6.07, 6.45) is 5.74. The lowest BCUT2D eigenvalue weighted by Crippen LogP contribution is -2.38. The Hall–Kier alpha value is -1.83. The molecule has 1 aromatic rings. The fourth-order valence-corrected chi connectivity index (χ4v) is 4.24. The van der Waals surface area contributed by atoms with Crippen LogP contribution in [0.25, 0.3) is 0 Å². The van der Waals surface area contributed by atoms with E-state index in [-0.39, 0.29) is 4.90 Å². The summed E-state index contributed by atoms with van der Waals surface area (Å²) in [7, 11) is -3.23. The topological polar surface area (TPSA) is 96.8 Å². The van der Waals surface area contributed by atoms with Crippen LogP contribution < -0.4 is 4.74 Å². The predicted molar refractivity (Wildman–Crippen MR) is 91.4 cm³/mol. The second-order valence-corrected chi connectivity index (χ2v) is 9.02. The van der Waals surface area contributed by atoms with E-state index in [1.807, 2.05) is 0 Å². The van der Waals surface area contributed by atoms with E-state index in [1.54, 1.807) is 6.07 Å². The fourth-order valence-electron chi connectivity index (χ4n) is 3.69. The Labute approximate surface area is 147 Å². The molecule has 1 amide bonds. The average Bonchev–Trinajstić information content (AvgIpc) is 3.34. The molecule has 7 nitrogen and oxygen atoms in total. The van der Waals surface area contributed by atoms with Gasteiger partial charge in [-0.25, -0.2) is 18.2 Å². The molecule has 2 atom stereocenters. The van der Waals surface area contributed by atoms with Crippen molar-refractivity contribution in [1.82, 2.24) is 9.88 Å². The van der Waals surface area contributed by atoms with E-state index in [1.165, 1.54) is 23.6 Å². The predicted octanol–water partition coefficient (Wildman–Crippen LogP) is 2.28. The average molecular weight is 368 g/mol. The summed E-state index contributed by atoms with van der Waals surface area (Å²) >= 11 is 0. The van der Waals surface area contributed by atoms with Gasteiger partial charge in [0.1, 0.15) is 0 Å². The van der Waals surface area contributed by atoms with Crippen LogP contribution in [0.2, 0.25) is 0 Å². The lowest BCUT2D eigenvalue weighted by Gasteiger charge is -2.30. The summed E-state index contributed by atoms with van der Waals surface area (Å²) in [6.45, 7) is 1.87. The molecule has 3 rings (SSSR count). The largest absolute Gasteiger partial charge is 0.478 e. The van der Waals surface area contributed by atoms with Gasteiger partial charge >= 0.3 is 6.09 Å². The molecule has 0 aromatic carbocycles. The molecule has 1 aromatic heterocycles. The minimum absolute atomic E-state index is 0.190. The van der Waals surface area contributed by atoms with Crippen LogP contribution >= 0.6 is 0 Å². The molecule has 2 heterocycles. The number of nitrogens with zero attached hydrogens (tertiary/aromatic N) is 2. The minimum atomic E-state index is -3.23. The number of piperidine rings is 1. The monoisotopic (exact) mass is 368 g/mol. The van der Waals surface area contributed by atoms with Crippen LogP contribution in [0, 0.1) is 17.8 Å². The molecule has 0 bridgehead atoms. The highest BCUT2D eigenvalue weighted by molar-refractivity contribution is 7.90. The third-order valence-corrected chi connectivity index (χ3v) is 6.37. The molecule has 1 saturated carbocycles. The summed E-state index contributed by atoms with van der Waals surface area (Å²) in [6, 6.07) is 3.09. The zero-order valence-electron chi connectivity index (χ0n) is 14.3. The van der Waals surface area contributed by atoms with Gasteiger partial charge in [-0.3, -0.25) is 0 Å². The van der Waals surface area contributed by atoms with Crippen molar-refractivity contribution in [3.8, 4) is 5.88 Å². The lowest BCUT2D eigenvalue weighted by atomic mass is 9.91. The normalized spacial score (nSPS) is 24.1. The van der Waals surface area contributed by atoms with Gasteiger partial charge in [0.25, 0.3) is 0 Å². The van der Waals surface area contributed by atoms with E-state index in [2.05, 4.69) is 4.98 Å². The number of carbonyl (C=O) groups is 1. The molecule has 8 heteroatoms. The summed E-state index contributed by atoms with van der Waals surface area (Å²) in [5, 5.41) is 8.99. The van der Waals surface area contributed by atoms with Gasteiger partial charge < -0.3 is 14.7 Å². The molecule has 2 aliphatic rings. The van der Waals surface area contributed by atoms with Gasteiger partial charge in [-0.1, -0.05) is 0 Å². The zero-order valence-corrected chi connectivity index (χ0v) is 15.1. The quantitative estimate of drug-likeness (QED) is 0.827. The molecule has 2 fully saturated rings. The number of rotatable bonds is 6. The van der Waals surface area contributed by atoms with Crippen molar-refractivity contribution in [2.75, 3.05) is 26.0 Å². The van der Waals surface area contributed by atoms with Crippen LogP contribution in [-0.4, -0.2) is 55.5 Å². The van der Waals surface area contributed by atoms with Crippen LogP contribution in [0.1, 0.15) is 25.7 Å². The van der Waals surface area contributed by atoms with Gasteiger partial charge in [0, 0.05) is 31.6 Å². The molecule has 0 spiro atoms. The maximum absolute atomic E-state index is 11.4. The molecule has 1 aliphatic carbocycles. The molecule has 1 saturated heterocycles. The maximum atomic E-state index is 11.4. The van der Waals surface area contributed by atoms with Gasteiger partial charge in [0.05, 0.1) is 11.5 Å². The Morgan fingerprint density at radius 2 is 2.08 bits per heavy atom. The fraction of sp³-hybridized carbons (Fsp3) is 0.647. The molecule has 138 valence electrons. The van der Waals surface area contributed by atoms with Crippen molar-refractivity contribution in [2.24, 2.45) is 17.8 Å². The Balaban J connectivity index is 1.38. The van der Waals surface area contributed by atoms with Crippen molar-refractivity contribution < 1.29 is 23.1 Å². The number of pyridine rings is 1. The number of sulfone groups is 1. The maximum Gasteiger partial charge on any atom is 0.407 e. The Kier molecular flexibility index (Phi) is 5.17. The highest BCUT2D eigenvalue weighted by Crippen LogP contribution is 2.49. The minimum Gasteiger partial charge on any atom is -0.478 e. The number of aromatic nitrogens is 1. The van der Waals surface area contributed by atoms with Crippen LogP contribution in [0.15, 0.2) is 23.2 Å². The van der Waals surface area contributed by atoms with E-state index in [4.69, 9.17) is 9.84 Å². The number of hydrogen-bond acceptors (Lipinski definition) is 5. The molecular weight excluding hydrogens is 344 g/mol. The molecule has 0 unspecified atom stereocenters. The highest BCUT2D eigenvalue weighted by Gasteiger charge is 2.43. The molecule has 25 heavy (non-hydrogen) atoms. The van der Waals surface area contributed by atoms with Crippen LogP contribution in [0.4, 0.5) is 4.79 Å². The van der Waals surface area contributed by atoms with Crippen molar-refractivity contribution in [3.63, 3.8) is 0 Å². The van der Waals surface area contributed by atoms with Crippen LogP contribution in [-0.2, 0) is 9.84 Å². The SMILES string of the molecule is CS(=O)(=O)c1ccc(OCC[C@H]2C[C@@H]2C2CCN(C(=O)O)CC2)nc1. The van der Waals surface area contributed by atoms with Gasteiger partial charge in [-0.2, -0.15) is 0 Å². The van der Waals surface area contributed by atoms with Crippen molar-refractivity contribution in [1.29, 1.82) is 0 Å². The van der Waals surface area contributed by atoms with Crippen LogP contribution in [0.5, 0.6) is 5.88 Å². The second-order valence-electron chi connectivity index (χ2n) is 7.01. The smallest absolute Gasteiger partial charge is 0.407 e. The summed E-state index contributed by atoms with van der Waals surface area (Å²) < 4.78 is 28.4. The number of amides is 1. The number of carboxylic acid groups (broad SMARTS) is 1. The Bertz CT molecular complexity index is 711. The summed E-state index contributed by atoms with van der Waals surface area (Å²) in [5.74, 6) is 2.42. The third kappa shape index (κ3) is 4.62. The lowest BCUT2D eigenvalue weighted by molar-refractivity contribution is 0.119. The summed E-state index contributed by atoms with van der Waals surface area (Å²) in [5.41, 5.74) is 0. The number of ether oxygens (including phenoxy) is 1. The van der Waals surface area contributed by atoms with Crippen molar-refractivity contribution >= 4 is 15.9 Å². The van der Waals surface area contributed by atoms with Gasteiger partial charge in [0.15, 0.2) is 9.84 Å². The number of hydrogen-bond donors (Lipinski definition) is 1. The summed E-state index contributed by atoms with van der Waals surface area (Å²) in [4.78, 5) is 16.7. The highest BCUT2D eigenvalue weighted by atomic mass is 32.2. The first kappa shape index (κ1) is 18.0.